The monoisotopic (exact) mass is 259 g/mol. The highest BCUT2D eigenvalue weighted by molar-refractivity contribution is 5.81. The Hall–Kier alpha value is -1.97. The van der Waals surface area contributed by atoms with Crippen LogP contribution in [-0.2, 0) is 6.42 Å². The lowest BCUT2D eigenvalue weighted by molar-refractivity contribution is 0.159. The van der Waals surface area contributed by atoms with E-state index in [9.17, 15) is 9.90 Å². The number of carbonyl (C=O) groups is 1. The molecule has 2 heterocycles. The average Bonchev–Trinajstić information content (AvgIpc) is 2.85. The van der Waals surface area contributed by atoms with Crippen LogP contribution in [0, 0.1) is 5.92 Å². The summed E-state index contributed by atoms with van der Waals surface area (Å²) >= 11 is 0. The van der Waals surface area contributed by atoms with Crippen LogP contribution >= 0.6 is 0 Å². The van der Waals surface area contributed by atoms with Crippen molar-refractivity contribution in [3.05, 3.63) is 35.4 Å². The Morgan fingerprint density at radius 2 is 2.32 bits per heavy atom. The molecule has 4 nitrogen and oxygen atoms in total. The summed E-state index contributed by atoms with van der Waals surface area (Å²) in [6.45, 7) is 3.35. The largest absolute Gasteiger partial charge is 0.493 e. The number of benzene rings is 1. The Labute approximate surface area is 112 Å². The van der Waals surface area contributed by atoms with Gasteiger partial charge in [-0.25, -0.2) is 4.79 Å². The van der Waals surface area contributed by atoms with E-state index in [0.29, 0.717) is 12.5 Å². The molecule has 1 atom stereocenters. The van der Waals surface area contributed by atoms with Gasteiger partial charge in [-0.1, -0.05) is 13.0 Å². The number of amides is 1. The van der Waals surface area contributed by atoms with E-state index in [-0.39, 0.29) is 0 Å². The van der Waals surface area contributed by atoms with Crippen LogP contribution in [0.15, 0.2) is 24.3 Å². The number of carboxylic acid groups (broad SMARTS) is 1. The molecule has 1 aromatic carbocycles. The van der Waals surface area contributed by atoms with Crippen molar-refractivity contribution in [1.29, 1.82) is 0 Å². The molecule has 0 saturated heterocycles. The Bertz CT molecular complexity index is 550. The molecule has 2 aliphatic rings. The summed E-state index contributed by atoms with van der Waals surface area (Å²) in [7, 11) is 0. The molecule has 1 unspecified atom stereocenters. The third-order valence-corrected chi connectivity index (χ3v) is 3.71. The normalized spacial score (nSPS) is 21.6. The van der Waals surface area contributed by atoms with E-state index in [2.05, 4.69) is 13.0 Å². The van der Waals surface area contributed by atoms with Gasteiger partial charge >= 0.3 is 6.09 Å². The molecule has 0 radical (unpaired) electrons. The maximum atomic E-state index is 11.4. The maximum Gasteiger partial charge on any atom is 0.411 e. The Balaban J connectivity index is 1.97. The third kappa shape index (κ3) is 2.18. The number of ether oxygens (including phenoxy) is 1. The summed E-state index contributed by atoms with van der Waals surface area (Å²) in [5, 5.41) is 9.34. The smallest absolute Gasteiger partial charge is 0.411 e. The van der Waals surface area contributed by atoms with Gasteiger partial charge in [0, 0.05) is 13.0 Å². The molecule has 3 rings (SSSR count). The second-order valence-electron chi connectivity index (χ2n) is 5.24. The van der Waals surface area contributed by atoms with Crippen molar-refractivity contribution < 1.29 is 14.6 Å². The molecule has 0 fully saturated rings. The van der Waals surface area contributed by atoms with Crippen LogP contribution in [0.1, 0.15) is 24.5 Å². The fraction of sp³-hybridized carbons (Fsp3) is 0.400. The first-order valence-electron chi connectivity index (χ1n) is 6.62. The lowest BCUT2D eigenvalue weighted by atomic mass is 9.97. The number of hydrogen-bond acceptors (Lipinski definition) is 2. The lowest BCUT2D eigenvalue weighted by Crippen LogP contribution is -2.34. The topological polar surface area (TPSA) is 49.8 Å². The van der Waals surface area contributed by atoms with Gasteiger partial charge in [0.2, 0.25) is 0 Å². The van der Waals surface area contributed by atoms with Crippen molar-refractivity contribution in [2.75, 3.05) is 13.2 Å². The van der Waals surface area contributed by atoms with Crippen LogP contribution in [0.3, 0.4) is 0 Å². The van der Waals surface area contributed by atoms with Crippen molar-refractivity contribution in [2.24, 2.45) is 5.92 Å². The van der Waals surface area contributed by atoms with E-state index in [0.717, 1.165) is 36.5 Å². The van der Waals surface area contributed by atoms with Crippen LogP contribution in [0.2, 0.25) is 0 Å². The molecule has 0 spiro atoms. The Kier molecular flexibility index (Phi) is 2.93. The molecule has 0 aliphatic carbocycles. The van der Waals surface area contributed by atoms with Crippen molar-refractivity contribution in [3.63, 3.8) is 0 Å². The van der Waals surface area contributed by atoms with E-state index < -0.39 is 6.09 Å². The standard InChI is InChI=1S/C15H17NO3/c1-10-2-4-13(16(9-10)15(17)18)11-3-5-14-12(8-11)6-7-19-14/h3-5,8,10H,2,6-7,9H2,1H3,(H,17,18). The predicted molar refractivity (Wildman–Crippen MR) is 72.1 cm³/mol. The van der Waals surface area contributed by atoms with Gasteiger partial charge in [0.05, 0.1) is 12.3 Å². The van der Waals surface area contributed by atoms with Crippen LogP contribution in [0.25, 0.3) is 5.70 Å². The predicted octanol–water partition coefficient (Wildman–Crippen LogP) is 2.98. The zero-order chi connectivity index (χ0) is 13.4. The number of fused-ring (bicyclic) bond motifs is 1. The van der Waals surface area contributed by atoms with E-state index in [1.807, 2.05) is 18.2 Å². The van der Waals surface area contributed by atoms with Gasteiger partial charge in [0.25, 0.3) is 0 Å². The first-order valence-corrected chi connectivity index (χ1v) is 6.62. The highest BCUT2D eigenvalue weighted by Gasteiger charge is 2.25. The van der Waals surface area contributed by atoms with Gasteiger partial charge in [-0.15, -0.1) is 0 Å². The fourth-order valence-corrected chi connectivity index (χ4v) is 2.71. The SMILES string of the molecule is CC1CC=C(c2ccc3c(c2)CCO3)N(C(=O)O)C1. The summed E-state index contributed by atoms with van der Waals surface area (Å²) < 4.78 is 5.48. The first kappa shape index (κ1) is 12.1. The van der Waals surface area contributed by atoms with Crippen LogP contribution in [0.5, 0.6) is 5.75 Å². The van der Waals surface area contributed by atoms with Gasteiger partial charge in [-0.2, -0.15) is 0 Å². The highest BCUT2D eigenvalue weighted by Crippen LogP contribution is 2.32. The molecule has 100 valence electrons. The Morgan fingerprint density at radius 3 is 3.11 bits per heavy atom. The molecule has 0 saturated carbocycles. The summed E-state index contributed by atoms with van der Waals surface area (Å²) in [5.41, 5.74) is 2.95. The zero-order valence-electron chi connectivity index (χ0n) is 10.9. The maximum absolute atomic E-state index is 11.4. The van der Waals surface area contributed by atoms with Crippen LogP contribution < -0.4 is 4.74 Å². The van der Waals surface area contributed by atoms with Crippen molar-refractivity contribution in [2.45, 2.75) is 19.8 Å². The minimum absolute atomic E-state index is 0.373. The molecular weight excluding hydrogens is 242 g/mol. The summed E-state index contributed by atoms with van der Waals surface area (Å²) in [4.78, 5) is 12.8. The average molecular weight is 259 g/mol. The number of nitrogens with zero attached hydrogens (tertiary/aromatic N) is 1. The summed E-state index contributed by atoms with van der Waals surface area (Å²) in [5.74, 6) is 1.30. The number of allylic oxidation sites excluding steroid dienone is 1. The van der Waals surface area contributed by atoms with E-state index in [1.165, 1.54) is 10.5 Å². The van der Waals surface area contributed by atoms with Crippen LogP contribution in [-0.4, -0.2) is 29.3 Å². The summed E-state index contributed by atoms with van der Waals surface area (Å²) in [6, 6.07) is 5.94. The van der Waals surface area contributed by atoms with Gasteiger partial charge in [0.15, 0.2) is 0 Å². The molecule has 1 amide bonds. The quantitative estimate of drug-likeness (QED) is 0.843. The molecular formula is C15H17NO3. The van der Waals surface area contributed by atoms with Gasteiger partial charge in [-0.3, -0.25) is 4.90 Å². The van der Waals surface area contributed by atoms with Crippen LogP contribution in [0.4, 0.5) is 4.79 Å². The number of hydrogen-bond donors (Lipinski definition) is 1. The van der Waals surface area contributed by atoms with E-state index >= 15 is 0 Å². The molecule has 1 aromatic rings. The van der Waals surface area contributed by atoms with Crippen molar-refractivity contribution in [1.82, 2.24) is 4.90 Å². The minimum atomic E-state index is -0.880. The summed E-state index contributed by atoms with van der Waals surface area (Å²) in [6.07, 6.45) is 2.97. The minimum Gasteiger partial charge on any atom is -0.493 e. The highest BCUT2D eigenvalue weighted by atomic mass is 16.5. The Morgan fingerprint density at radius 1 is 1.47 bits per heavy atom. The lowest BCUT2D eigenvalue weighted by Gasteiger charge is -2.30. The molecule has 2 aliphatic heterocycles. The van der Waals surface area contributed by atoms with Crippen molar-refractivity contribution in [3.8, 4) is 5.75 Å². The molecule has 0 aromatic heterocycles. The van der Waals surface area contributed by atoms with E-state index in [1.54, 1.807) is 0 Å². The second-order valence-corrected chi connectivity index (χ2v) is 5.24. The first-order chi connectivity index (χ1) is 9.15. The molecule has 0 bridgehead atoms. The number of rotatable bonds is 1. The fourth-order valence-electron chi connectivity index (χ4n) is 2.71. The zero-order valence-corrected chi connectivity index (χ0v) is 10.9. The second kappa shape index (κ2) is 4.61. The molecule has 1 N–H and O–H groups in total. The molecule has 19 heavy (non-hydrogen) atoms. The molecule has 4 heteroatoms. The third-order valence-electron chi connectivity index (χ3n) is 3.71. The van der Waals surface area contributed by atoms with Gasteiger partial charge in [-0.05, 0) is 41.7 Å². The van der Waals surface area contributed by atoms with Gasteiger partial charge < -0.3 is 9.84 Å². The van der Waals surface area contributed by atoms with Crippen molar-refractivity contribution >= 4 is 11.8 Å². The van der Waals surface area contributed by atoms with Gasteiger partial charge in [0.1, 0.15) is 5.75 Å². The van der Waals surface area contributed by atoms with E-state index in [4.69, 9.17) is 4.74 Å².